The van der Waals surface area contributed by atoms with Crippen LogP contribution in [0.5, 0.6) is 5.75 Å². The minimum Gasteiger partial charge on any atom is -0.493 e. The lowest BCUT2D eigenvalue weighted by molar-refractivity contribution is 0.249. The van der Waals surface area contributed by atoms with Gasteiger partial charge in [0.15, 0.2) is 0 Å². The van der Waals surface area contributed by atoms with Crippen molar-refractivity contribution >= 4 is 11.7 Å². The number of ether oxygens (including phenoxy) is 1. The molecule has 4 nitrogen and oxygen atoms in total. The van der Waals surface area contributed by atoms with Crippen molar-refractivity contribution in [3.63, 3.8) is 0 Å². The quantitative estimate of drug-likeness (QED) is 0.905. The van der Waals surface area contributed by atoms with Gasteiger partial charge < -0.3 is 15.4 Å². The van der Waals surface area contributed by atoms with Gasteiger partial charge in [0.2, 0.25) is 0 Å². The second-order valence-electron chi connectivity index (χ2n) is 6.06. The van der Waals surface area contributed by atoms with Gasteiger partial charge in [-0.2, -0.15) is 0 Å². The van der Waals surface area contributed by atoms with Crippen molar-refractivity contribution in [3.05, 3.63) is 59.2 Å². The minimum absolute atomic E-state index is 0.0550. The van der Waals surface area contributed by atoms with Gasteiger partial charge in [-0.15, -0.1) is 0 Å². The monoisotopic (exact) mass is 310 g/mol. The second-order valence-corrected chi connectivity index (χ2v) is 6.06. The third-order valence-electron chi connectivity index (χ3n) is 4.07. The van der Waals surface area contributed by atoms with E-state index in [0.29, 0.717) is 0 Å². The number of urea groups is 1. The van der Waals surface area contributed by atoms with Gasteiger partial charge in [0.1, 0.15) is 5.75 Å². The topological polar surface area (TPSA) is 50.4 Å². The summed E-state index contributed by atoms with van der Waals surface area (Å²) in [6.45, 7) is 4.76. The van der Waals surface area contributed by atoms with Gasteiger partial charge in [0, 0.05) is 18.2 Å². The molecular formula is C19H22N2O2. The Hall–Kier alpha value is -2.49. The Morgan fingerprint density at radius 1 is 1.26 bits per heavy atom. The van der Waals surface area contributed by atoms with Crippen LogP contribution in [0.15, 0.2) is 42.5 Å². The number of hydrogen-bond acceptors (Lipinski definition) is 2. The number of aryl methyl sites for hydroxylation is 1. The summed E-state index contributed by atoms with van der Waals surface area (Å²) in [7, 11) is 0. The van der Waals surface area contributed by atoms with E-state index in [-0.39, 0.29) is 12.1 Å². The molecular weight excluding hydrogens is 288 g/mol. The lowest BCUT2D eigenvalue weighted by Gasteiger charge is -2.16. The fourth-order valence-electron chi connectivity index (χ4n) is 2.87. The predicted octanol–water partition coefficient (Wildman–Crippen LogP) is 3.68. The molecule has 1 atom stereocenters. The molecule has 0 saturated carbocycles. The summed E-state index contributed by atoms with van der Waals surface area (Å²) in [4.78, 5) is 12.1. The largest absolute Gasteiger partial charge is 0.493 e. The van der Waals surface area contributed by atoms with Crippen molar-refractivity contribution < 1.29 is 9.53 Å². The van der Waals surface area contributed by atoms with Crippen LogP contribution in [0.3, 0.4) is 0 Å². The van der Waals surface area contributed by atoms with E-state index in [1.807, 2.05) is 44.2 Å². The Bertz CT molecular complexity index is 712. The summed E-state index contributed by atoms with van der Waals surface area (Å²) in [6, 6.07) is 13.9. The maximum absolute atomic E-state index is 12.1. The Balaban J connectivity index is 1.55. The zero-order valence-electron chi connectivity index (χ0n) is 13.6. The predicted molar refractivity (Wildman–Crippen MR) is 92.1 cm³/mol. The standard InChI is InChI=1S/C19H22N2O2/c1-13-5-3-4-6-17(13)21-19(22)20-14(2)11-15-7-8-18-16(12-15)9-10-23-18/h3-8,12,14H,9-11H2,1-2H3,(H2,20,21,22). The Morgan fingerprint density at radius 2 is 2.09 bits per heavy atom. The van der Waals surface area contributed by atoms with Gasteiger partial charge >= 0.3 is 6.03 Å². The van der Waals surface area contributed by atoms with Gasteiger partial charge in [0.25, 0.3) is 0 Å². The first kappa shape index (κ1) is 15.4. The molecule has 1 aliphatic rings. The highest BCUT2D eigenvalue weighted by atomic mass is 16.5. The van der Waals surface area contributed by atoms with E-state index in [2.05, 4.69) is 22.8 Å². The number of carbonyl (C=O) groups is 1. The summed E-state index contributed by atoms with van der Waals surface area (Å²) >= 11 is 0. The summed E-state index contributed by atoms with van der Waals surface area (Å²) in [5.74, 6) is 0.992. The number of carbonyl (C=O) groups excluding carboxylic acids is 1. The van der Waals surface area contributed by atoms with Crippen LogP contribution in [0.1, 0.15) is 23.6 Å². The number of benzene rings is 2. The lowest BCUT2D eigenvalue weighted by atomic mass is 10.0. The molecule has 3 rings (SSSR count). The van der Waals surface area contributed by atoms with Crippen molar-refractivity contribution in [2.24, 2.45) is 0 Å². The van der Waals surface area contributed by atoms with E-state index in [4.69, 9.17) is 4.74 Å². The van der Waals surface area contributed by atoms with Gasteiger partial charge in [0.05, 0.1) is 6.61 Å². The fourth-order valence-corrected chi connectivity index (χ4v) is 2.87. The van der Waals surface area contributed by atoms with Crippen LogP contribution in [0.25, 0.3) is 0 Å². The second kappa shape index (κ2) is 6.73. The van der Waals surface area contributed by atoms with Gasteiger partial charge in [-0.1, -0.05) is 30.3 Å². The number of para-hydroxylation sites is 1. The summed E-state index contributed by atoms with van der Waals surface area (Å²) < 4.78 is 5.52. The average Bonchev–Trinajstić information content (AvgIpc) is 2.97. The molecule has 0 spiro atoms. The smallest absolute Gasteiger partial charge is 0.319 e. The molecule has 2 aromatic carbocycles. The minimum atomic E-state index is -0.170. The normalized spacial score (nSPS) is 13.8. The molecule has 1 heterocycles. The summed E-state index contributed by atoms with van der Waals surface area (Å²) in [5.41, 5.74) is 4.37. The summed E-state index contributed by atoms with van der Waals surface area (Å²) in [5, 5.41) is 5.89. The Morgan fingerprint density at radius 3 is 2.91 bits per heavy atom. The Kier molecular flexibility index (Phi) is 4.51. The molecule has 0 aliphatic carbocycles. The highest BCUT2D eigenvalue weighted by Gasteiger charge is 2.14. The van der Waals surface area contributed by atoms with Crippen LogP contribution in [-0.2, 0) is 12.8 Å². The van der Waals surface area contributed by atoms with Crippen LogP contribution in [0.2, 0.25) is 0 Å². The number of nitrogens with one attached hydrogen (secondary N) is 2. The highest BCUT2D eigenvalue weighted by Crippen LogP contribution is 2.26. The molecule has 120 valence electrons. The van der Waals surface area contributed by atoms with Crippen molar-refractivity contribution in [3.8, 4) is 5.75 Å². The van der Waals surface area contributed by atoms with E-state index in [0.717, 1.165) is 36.4 Å². The van der Waals surface area contributed by atoms with Crippen LogP contribution in [0.4, 0.5) is 10.5 Å². The molecule has 0 fully saturated rings. The average molecular weight is 310 g/mol. The molecule has 2 aromatic rings. The highest BCUT2D eigenvalue weighted by molar-refractivity contribution is 5.90. The molecule has 1 unspecified atom stereocenters. The van der Waals surface area contributed by atoms with E-state index < -0.39 is 0 Å². The maximum Gasteiger partial charge on any atom is 0.319 e. The van der Waals surface area contributed by atoms with Crippen LogP contribution in [-0.4, -0.2) is 18.7 Å². The third kappa shape index (κ3) is 3.83. The van der Waals surface area contributed by atoms with Gasteiger partial charge in [-0.25, -0.2) is 4.79 Å². The van der Waals surface area contributed by atoms with Crippen LogP contribution >= 0.6 is 0 Å². The van der Waals surface area contributed by atoms with Crippen LogP contribution in [0, 0.1) is 6.92 Å². The van der Waals surface area contributed by atoms with Crippen molar-refractivity contribution in [2.45, 2.75) is 32.7 Å². The van der Waals surface area contributed by atoms with Gasteiger partial charge in [-0.05, 0) is 49.1 Å². The molecule has 4 heteroatoms. The number of fused-ring (bicyclic) bond motifs is 1. The maximum atomic E-state index is 12.1. The first-order valence-electron chi connectivity index (χ1n) is 7.99. The molecule has 2 amide bonds. The first-order valence-corrected chi connectivity index (χ1v) is 7.99. The van der Waals surface area contributed by atoms with Crippen molar-refractivity contribution in [2.75, 3.05) is 11.9 Å². The molecule has 2 N–H and O–H groups in total. The SMILES string of the molecule is Cc1ccccc1NC(=O)NC(C)Cc1ccc2c(c1)CCO2. The summed E-state index contributed by atoms with van der Waals surface area (Å²) in [6.07, 6.45) is 1.77. The zero-order valence-corrected chi connectivity index (χ0v) is 13.6. The van der Waals surface area contributed by atoms with E-state index in [9.17, 15) is 4.79 Å². The first-order chi connectivity index (χ1) is 11.1. The number of anilines is 1. The van der Waals surface area contributed by atoms with E-state index in [1.54, 1.807) is 0 Å². The molecule has 0 radical (unpaired) electrons. The number of rotatable bonds is 4. The van der Waals surface area contributed by atoms with Gasteiger partial charge in [-0.3, -0.25) is 0 Å². The number of hydrogen-bond donors (Lipinski definition) is 2. The molecule has 0 saturated heterocycles. The Labute approximate surface area is 136 Å². The molecule has 0 aromatic heterocycles. The fraction of sp³-hybridized carbons (Fsp3) is 0.316. The van der Waals surface area contributed by atoms with Crippen molar-refractivity contribution in [1.29, 1.82) is 0 Å². The number of amides is 2. The zero-order chi connectivity index (χ0) is 16.2. The lowest BCUT2D eigenvalue weighted by Crippen LogP contribution is -2.37. The van der Waals surface area contributed by atoms with E-state index >= 15 is 0 Å². The van der Waals surface area contributed by atoms with E-state index in [1.165, 1.54) is 11.1 Å². The molecule has 1 aliphatic heterocycles. The third-order valence-corrected chi connectivity index (χ3v) is 4.07. The molecule has 23 heavy (non-hydrogen) atoms. The van der Waals surface area contributed by atoms with Crippen molar-refractivity contribution in [1.82, 2.24) is 5.32 Å². The molecule has 0 bridgehead atoms. The van der Waals surface area contributed by atoms with Crippen LogP contribution < -0.4 is 15.4 Å².